The molecule has 1 saturated heterocycles. The Morgan fingerprint density at radius 1 is 1.20 bits per heavy atom. The molecular formula is C16H22ClNO2. The van der Waals surface area contributed by atoms with Crippen LogP contribution in [0.25, 0.3) is 0 Å². The number of aliphatic carboxylic acids is 1. The molecule has 1 N–H and O–H groups in total. The van der Waals surface area contributed by atoms with Crippen LogP contribution in [0.5, 0.6) is 0 Å². The molecule has 110 valence electrons. The van der Waals surface area contributed by atoms with Crippen LogP contribution in [0.1, 0.15) is 38.2 Å². The molecule has 0 radical (unpaired) electrons. The molecule has 0 saturated carbocycles. The summed E-state index contributed by atoms with van der Waals surface area (Å²) in [4.78, 5) is 14.0. The van der Waals surface area contributed by atoms with E-state index in [2.05, 4.69) is 4.90 Å². The van der Waals surface area contributed by atoms with E-state index in [1.165, 1.54) is 12.8 Å². The zero-order valence-corrected chi connectivity index (χ0v) is 12.7. The first-order valence-electron chi connectivity index (χ1n) is 7.25. The third-order valence-corrected chi connectivity index (χ3v) is 4.48. The fourth-order valence-electron chi connectivity index (χ4n) is 2.89. The Hall–Kier alpha value is -1.06. The highest BCUT2D eigenvalue weighted by Gasteiger charge is 2.39. The second-order valence-corrected chi connectivity index (χ2v) is 6.22. The zero-order chi connectivity index (χ0) is 14.6. The molecular weight excluding hydrogens is 274 g/mol. The third-order valence-electron chi connectivity index (χ3n) is 4.23. The minimum atomic E-state index is -0.835. The number of hydrogen-bond acceptors (Lipinski definition) is 2. The summed E-state index contributed by atoms with van der Waals surface area (Å²) in [5.41, 5.74) is 0.182. The van der Waals surface area contributed by atoms with Gasteiger partial charge >= 0.3 is 5.97 Å². The maximum absolute atomic E-state index is 11.8. The second-order valence-electron chi connectivity index (χ2n) is 5.78. The normalized spacial score (nSPS) is 20.1. The Balaban J connectivity index is 2.19. The van der Waals surface area contributed by atoms with E-state index >= 15 is 0 Å². The highest BCUT2D eigenvalue weighted by atomic mass is 35.5. The molecule has 0 spiro atoms. The lowest BCUT2D eigenvalue weighted by Crippen LogP contribution is -2.54. The summed E-state index contributed by atoms with van der Waals surface area (Å²) in [6, 6.07) is 7.48. The van der Waals surface area contributed by atoms with Crippen LogP contribution in [-0.4, -0.2) is 34.6 Å². The van der Waals surface area contributed by atoms with Crippen molar-refractivity contribution in [3.63, 3.8) is 0 Å². The summed E-state index contributed by atoms with van der Waals surface area (Å²) >= 11 is 5.89. The summed E-state index contributed by atoms with van der Waals surface area (Å²) in [6.07, 6.45) is 5.09. The van der Waals surface area contributed by atoms with Crippen molar-refractivity contribution in [2.24, 2.45) is 0 Å². The summed E-state index contributed by atoms with van der Waals surface area (Å²) < 4.78 is 0. The van der Waals surface area contributed by atoms with E-state index in [9.17, 15) is 9.90 Å². The number of carbonyl (C=O) groups is 1. The van der Waals surface area contributed by atoms with Gasteiger partial charge in [-0.15, -0.1) is 0 Å². The number of rotatable bonds is 4. The van der Waals surface area contributed by atoms with E-state index in [1.807, 2.05) is 31.2 Å². The topological polar surface area (TPSA) is 40.5 Å². The summed E-state index contributed by atoms with van der Waals surface area (Å²) in [6.45, 7) is 3.59. The van der Waals surface area contributed by atoms with Crippen LogP contribution in [-0.2, 0) is 11.2 Å². The van der Waals surface area contributed by atoms with Crippen molar-refractivity contribution >= 4 is 17.6 Å². The number of halogens is 1. The number of hydrogen-bond donors (Lipinski definition) is 1. The van der Waals surface area contributed by atoms with Crippen molar-refractivity contribution < 1.29 is 9.90 Å². The fourth-order valence-corrected chi connectivity index (χ4v) is 3.01. The molecule has 4 heteroatoms. The van der Waals surface area contributed by atoms with Gasteiger partial charge in [0.2, 0.25) is 0 Å². The lowest BCUT2D eigenvalue weighted by Gasteiger charge is -2.37. The molecule has 2 rings (SSSR count). The van der Waals surface area contributed by atoms with Gasteiger partial charge in [0.05, 0.1) is 0 Å². The van der Waals surface area contributed by atoms with Crippen LogP contribution in [0.2, 0.25) is 5.02 Å². The molecule has 1 heterocycles. The van der Waals surface area contributed by atoms with Gasteiger partial charge in [-0.2, -0.15) is 0 Å². The molecule has 1 aromatic carbocycles. The lowest BCUT2D eigenvalue weighted by atomic mass is 9.90. The molecule has 1 aliphatic rings. The molecule has 3 nitrogen and oxygen atoms in total. The first-order chi connectivity index (χ1) is 9.52. The van der Waals surface area contributed by atoms with Gasteiger partial charge in [0.1, 0.15) is 5.54 Å². The maximum Gasteiger partial charge on any atom is 0.324 e. The van der Waals surface area contributed by atoms with Crippen LogP contribution >= 0.6 is 11.6 Å². The van der Waals surface area contributed by atoms with Crippen molar-refractivity contribution in [2.45, 2.75) is 44.6 Å². The van der Waals surface area contributed by atoms with E-state index in [0.717, 1.165) is 31.5 Å². The maximum atomic E-state index is 11.8. The van der Waals surface area contributed by atoms with Crippen molar-refractivity contribution in [1.29, 1.82) is 0 Å². The summed E-state index contributed by atoms with van der Waals surface area (Å²) in [7, 11) is 0. The van der Waals surface area contributed by atoms with Crippen molar-refractivity contribution in [1.82, 2.24) is 4.90 Å². The van der Waals surface area contributed by atoms with E-state index in [-0.39, 0.29) is 0 Å². The summed E-state index contributed by atoms with van der Waals surface area (Å²) in [5.74, 6) is -0.741. The van der Waals surface area contributed by atoms with Crippen LogP contribution in [0.3, 0.4) is 0 Å². The Bertz CT molecular complexity index is 452. The predicted molar refractivity (Wildman–Crippen MR) is 81.2 cm³/mol. The lowest BCUT2D eigenvalue weighted by molar-refractivity contribution is -0.150. The smallest absolute Gasteiger partial charge is 0.324 e. The molecule has 1 atom stereocenters. The Kier molecular flexibility index (Phi) is 5.06. The molecule has 0 amide bonds. The monoisotopic (exact) mass is 295 g/mol. The number of carboxylic acid groups (broad SMARTS) is 1. The van der Waals surface area contributed by atoms with E-state index in [4.69, 9.17) is 11.6 Å². The largest absolute Gasteiger partial charge is 0.480 e. The first-order valence-corrected chi connectivity index (χ1v) is 7.63. The second kappa shape index (κ2) is 6.59. The Labute approximate surface area is 125 Å². The fraction of sp³-hybridized carbons (Fsp3) is 0.562. The van der Waals surface area contributed by atoms with Crippen LogP contribution in [0.15, 0.2) is 24.3 Å². The van der Waals surface area contributed by atoms with Gasteiger partial charge in [0, 0.05) is 11.4 Å². The zero-order valence-electron chi connectivity index (χ0n) is 11.9. The van der Waals surface area contributed by atoms with E-state index in [0.29, 0.717) is 11.4 Å². The highest BCUT2D eigenvalue weighted by molar-refractivity contribution is 6.30. The van der Waals surface area contributed by atoms with Crippen molar-refractivity contribution in [2.75, 3.05) is 13.1 Å². The van der Waals surface area contributed by atoms with Gasteiger partial charge in [-0.3, -0.25) is 9.69 Å². The third kappa shape index (κ3) is 3.53. The van der Waals surface area contributed by atoms with Crippen molar-refractivity contribution in [3.05, 3.63) is 34.9 Å². The quantitative estimate of drug-likeness (QED) is 0.922. The van der Waals surface area contributed by atoms with Gasteiger partial charge in [0.25, 0.3) is 0 Å². The molecule has 1 fully saturated rings. The number of likely N-dealkylation sites (tertiary alicyclic amines) is 1. The van der Waals surface area contributed by atoms with Crippen molar-refractivity contribution in [3.8, 4) is 0 Å². The SMILES string of the molecule is CC(Cc1ccc(Cl)cc1)(C(=O)O)N1CCCCCC1. The van der Waals surface area contributed by atoms with Gasteiger partial charge in [-0.1, -0.05) is 36.6 Å². The predicted octanol–water partition coefficient (Wildman–Crippen LogP) is 3.60. The summed E-state index contributed by atoms with van der Waals surface area (Å²) in [5, 5.41) is 10.4. The van der Waals surface area contributed by atoms with Gasteiger partial charge < -0.3 is 5.11 Å². The number of benzene rings is 1. The standard InChI is InChI=1S/C16H22ClNO2/c1-16(15(19)20,18-10-4-2-3-5-11-18)12-13-6-8-14(17)9-7-13/h6-9H,2-5,10-12H2,1H3,(H,19,20). The number of carboxylic acids is 1. The van der Waals surface area contributed by atoms with Crippen LogP contribution in [0.4, 0.5) is 0 Å². The number of nitrogens with zero attached hydrogens (tertiary/aromatic N) is 1. The minimum absolute atomic E-state index is 0.513. The highest BCUT2D eigenvalue weighted by Crippen LogP contribution is 2.25. The molecule has 0 aromatic heterocycles. The average molecular weight is 296 g/mol. The molecule has 1 unspecified atom stereocenters. The Morgan fingerprint density at radius 2 is 1.75 bits per heavy atom. The minimum Gasteiger partial charge on any atom is -0.480 e. The van der Waals surface area contributed by atoms with Crippen LogP contribution < -0.4 is 0 Å². The van der Waals surface area contributed by atoms with Crippen LogP contribution in [0, 0.1) is 0 Å². The molecule has 1 aliphatic heterocycles. The molecule has 1 aromatic rings. The molecule has 0 aliphatic carbocycles. The molecule has 20 heavy (non-hydrogen) atoms. The van der Waals surface area contributed by atoms with E-state index < -0.39 is 11.5 Å². The van der Waals surface area contributed by atoms with Gasteiger partial charge in [-0.05, 0) is 50.6 Å². The average Bonchev–Trinajstić information content (AvgIpc) is 2.70. The first kappa shape index (κ1) is 15.3. The van der Waals surface area contributed by atoms with Gasteiger partial charge in [-0.25, -0.2) is 0 Å². The van der Waals surface area contributed by atoms with Gasteiger partial charge in [0.15, 0.2) is 0 Å². The van der Waals surface area contributed by atoms with E-state index in [1.54, 1.807) is 0 Å². The Morgan fingerprint density at radius 3 is 2.25 bits per heavy atom. The molecule has 0 bridgehead atoms.